The fraction of sp³-hybridized carbons (Fsp3) is 0.458. The fourth-order valence-corrected chi connectivity index (χ4v) is 5.09. The number of aromatic nitrogens is 1. The molecule has 11 heteroatoms. The average molecular weight is 492 g/mol. The van der Waals surface area contributed by atoms with Gasteiger partial charge in [0.1, 0.15) is 11.4 Å². The molecule has 4 rings (SSSR count). The van der Waals surface area contributed by atoms with Crippen LogP contribution < -0.4 is 16.0 Å². The number of fused-ring (bicyclic) bond motifs is 1. The van der Waals surface area contributed by atoms with Crippen LogP contribution in [0.4, 0.5) is 18.9 Å². The Kier molecular flexibility index (Phi) is 6.39. The molecule has 8 nitrogen and oxygen atoms in total. The largest absolute Gasteiger partial charge is 0.357 e. The molecule has 2 heterocycles. The Labute approximate surface area is 200 Å². The minimum atomic E-state index is -3.10. The van der Waals surface area contributed by atoms with Crippen molar-refractivity contribution in [3.05, 3.63) is 52.6 Å². The summed E-state index contributed by atoms with van der Waals surface area (Å²) in [5.41, 5.74) is 0.731. The third-order valence-corrected chi connectivity index (χ3v) is 6.65. The number of methoxy groups -OCH3 is 1. The molecule has 1 atom stereocenters. The van der Waals surface area contributed by atoms with Gasteiger partial charge >= 0.3 is 0 Å². The summed E-state index contributed by atoms with van der Waals surface area (Å²) in [6, 6.07) is 5.71. The van der Waals surface area contributed by atoms with Crippen LogP contribution in [0.15, 0.2) is 24.3 Å². The summed E-state index contributed by atoms with van der Waals surface area (Å²) in [4.78, 5) is 38.5. The number of hydrogen-bond donors (Lipinski definition) is 3. The van der Waals surface area contributed by atoms with Crippen molar-refractivity contribution in [1.82, 2.24) is 15.2 Å². The number of hydrogen-bond acceptors (Lipinski definition) is 5. The lowest BCUT2D eigenvalue weighted by molar-refractivity contribution is -0.164. The van der Waals surface area contributed by atoms with E-state index >= 15 is 0 Å². The van der Waals surface area contributed by atoms with E-state index in [0.717, 1.165) is 6.42 Å². The Morgan fingerprint density at radius 3 is 2.37 bits per heavy atom. The van der Waals surface area contributed by atoms with Crippen LogP contribution in [0.25, 0.3) is 0 Å². The van der Waals surface area contributed by atoms with E-state index in [4.69, 9.17) is 4.74 Å². The van der Waals surface area contributed by atoms with Crippen molar-refractivity contribution in [1.29, 1.82) is 0 Å². The number of Topliss-reactive ketones (excluding diaryl/α,β-unsaturated/α-hetero) is 1. The van der Waals surface area contributed by atoms with E-state index in [1.54, 1.807) is 19.1 Å². The number of nitrogens with zero attached hydrogens (tertiary/aromatic N) is 1. The van der Waals surface area contributed by atoms with Gasteiger partial charge in [-0.05, 0) is 49.6 Å². The zero-order valence-electron chi connectivity index (χ0n) is 19.6. The summed E-state index contributed by atoms with van der Waals surface area (Å²) in [7, 11) is 2.76. The second kappa shape index (κ2) is 9.03. The van der Waals surface area contributed by atoms with Crippen molar-refractivity contribution in [3.8, 4) is 0 Å². The van der Waals surface area contributed by atoms with Gasteiger partial charge in [0.15, 0.2) is 6.23 Å². The molecule has 0 spiro atoms. The zero-order valence-corrected chi connectivity index (χ0v) is 19.6. The van der Waals surface area contributed by atoms with E-state index in [0.29, 0.717) is 35.6 Å². The normalized spacial score (nSPS) is 18.2. The number of ether oxygens (including phenoxy) is 1. The molecule has 2 aromatic rings. The first-order chi connectivity index (χ1) is 16.5. The van der Waals surface area contributed by atoms with Crippen LogP contribution in [0.2, 0.25) is 0 Å². The summed E-state index contributed by atoms with van der Waals surface area (Å²) < 4.78 is 48.1. The lowest BCUT2D eigenvalue weighted by Crippen LogP contribution is -2.69. The Balaban J connectivity index is 1.63. The van der Waals surface area contributed by atoms with E-state index in [9.17, 15) is 27.6 Å². The smallest absolute Gasteiger partial charge is 0.293 e. The van der Waals surface area contributed by atoms with Gasteiger partial charge in [-0.15, -0.1) is 0 Å². The highest BCUT2D eigenvalue weighted by Crippen LogP contribution is 2.46. The first kappa shape index (κ1) is 24.8. The molecule has 1 aliphatic heterocycles. The molecule has 0 bridgehead atoms. The second-order valence-corrected chi connectivity index (χ2v) is 9.01. The van der Waals surface area contributed by atoms with Crippen LogP contribution in [-0.4, -0.2) is 47.8 Å². The quantitative estimate of drug-likeness (QED) is 0.299. The number of halogens is 3. The monoisotopic (exact) mass is 492 g/mol. The van der Waals surface area contributed by atoms with Gasteiger partial charge in [-0.1, -0.05) is 0 Å². The van der Waals surface area contributed by atoms with Crippen molar-refractivity contribution in [3.63, 3.8) is 0 Å². The van der Waals surface area contributed by atoms with Gasteiger partial charge < -0.3 is 25.3 Å². The molecule has 3 N–H and O–H groups in total. The molecule has 0 radical (unpaired) electrons. The number of rotatable bonds is 8. The highest BCUT2D eigenvalue weighted by molar-refractivity contribution is 6.44. The van der Waals surface area contributed by atoms with E-state index in [1.807, 2.05) is 4.57 Å². The molecule has 1 aromatic carbocycles. The fourth-order valence-electron chi connectivity index (χ4n) is 5.09. The number of amides is 2. The maximum atomic E-state index is 13.6. The van der Waals surface area contributed by atoms with Crippen LogP contribution in [0.1, 0.15) is 52.8 Å². The van der Waals surface area contributed by atoms with E-state index in [-0.39, 0.29) is 11.4 Å². The molecule has 1 fully saturated rings. The molecule has 1 aliphatic carbocycles. The SMILES string of the molecule is CNC(=O)C1(NC(=O)C(=O)c2c(C)c(C(Nc3ccc(F)cc3)OC)n3c2CCC3)CC(F)(F)C1. The summed E-state index contributed by atoms with van der Waals surface area (Å²) in [5, 5.41) is 7.72. The molecule has 1 saturated carbocycles. The van der Waals surface area contributed by atoms with Gasteiger partial charge in [0.25, 0.3) is 17.6 Å². The zero-order chi connectivity index (χ0) is 25.5. The molecule has 0 saturated heterocycles. The predicted octanol–water partition coefficient (Wildman–Crippen LogP) is 2.85. The molecule has 1 unspecified atom stereocenters. The highest BCUT2D eigenvalue weighted by Gasteiger charge is 2.62. The predicted molar refractivity (Wildman–Crippen MR) is 121 cm³/mol. The number of anilines is 1. The van der Waals surface area contributed by atoms with Crippen molar-refractivity contribution in [2.24, 2.45) is 0 Å². The summed E-state index contributed by atoms with van der Waals surface area (Å²) >= 11 is 0. The lowest BCUT2D eigenvalue weighted by atomic mass is 9.72. The molecule has 1 aromatic heterocycles. The molecular weight excluding hydrogens is 465 g/mol. The Hall–Kier alpha value is -3.34. The van der Waals surface area contributed by atoms with Crippen molar-refractivity contribution < 1.29 is 32.3 Å². The van der Waals surface area contributed by atoms with Gasteiger partial charge in [0.2, 0.25) is 5.91 Å². The van der Waals surface area contributed by atoms with Crippen molar-refractivity contribution in [2.75, 3.05) is 19.5 Å². The van der Waals surface area contributed by atoms with Gasteiger partial charge in [-0.3, -0.25) is 14.4 Å². The maximum Gasteiger partial charge on any atom is 0.293 e. The van der Waals surface area contributed by atoms with Crippen LogP contribution in [0.5, 0.6) is 0 Å². The Morgan fingerprint density at radius 2 is 1.80 bits per heavy atom. The molecular formula is C24H27F3N4O4. The number of likely N-dealkylation sites (N-methyl/N-ethyl adjacent to an activating group) is 1. The number of nitrogens with one attached hydrogen (secondary N) is 3. The minimum absolute atomic E-state index is 0.177. The third kappa shape index (κ3) is 4.40. The Bertz CT molecular complexity index is 1170. The van der Waals surface area contributed by atoms with Crippen LogP contribution in [0.3, 0.4) is 0 Å². The van der Waals surface area contributed by atoms with E-state index in [1.165, 1.54) is 26.3 Å². The number of carbonyl (C=O) groups excluding carboxylic acids is 3. The average Bonchev–Trinajstić information content (AvgIpc) is 3.36. The van der Waals surface area contributed by atoms with E-state index in [2.05, 4.69) is 16.0 Å². The Morgan fingerprint density at radius 1 is 1.14 bits per heavy atom. The molecule has 188 valence electrons. The van der Waals surface area contributed by atoms with E-state index < -0.39 is 48.1 Å². The number of ketones is 1. The third-order valence-electron chi connectivity index (χ3n) is 6.65. The molecule has 35 heavy (non-hydrogen) atoms. The molecule has 2 amide bonds. The van der Waals surface area contributed by atoms with Gasteiger partial charge in [-0.2, -0.15) is 0 Å². The van der Waals surface area contributed by atoms with Crippen LogP contribution in [0, 0.1) is 12.7 Å². The minimum Gasteiger partial charge on any atom is -0.357 e. The number of alkyl halides is 2. The molecule has 2 aliphatic rings. The number of benzene rings is 1. The topological polar surface area (TPSA) is 101 Å². The van der Waals surface area contributed by atoms with Crippen molar-refractivity contribution in [2.45, 2.75) is 56.8 Å². The second-order valence-electron chi connectivity index (χ2n) is 9.01. The maximum absolute atomic E-state index is 13.6. The van der Waals surface area contributed by atoms with Crippen LogP contribution in [-0.2, 0) is 27.3 Å². The van der Waals surface area contributed by atoms with Gasteiger partial charge in [0.05, 0.1) is 11.3 Å². The van der Waals surface area contributed by atoms with Crippen molar-refractivity contribution >= 4 is 23.3 Å². The summed E-state index contributed by atoms with van der Waals surface area (Å²) in [6.07, 6.45) is -1.16. The lowest BCUT2D eigenvalue weighted by Gasteiger charge is -2.45. The van der Waals surface area contributed by atoms with Crippen LogP contribution >= 0.6 is 0 Å². The first-order valence-electron chi connectivity index (χ1n) is 11.3. The number of carbonyl (C=O) groups is 3. The summed E-state index contributed by atoms with van der Waals surface area (Å²) in [6.45, 7) is 2.28. The highest BCUT2D eigenvalue weighted by atomic mass is 19.3. The van der Waals surface area contributed by atoms with Gasteiger partial charge in [0, 0.05) is 44.9 Å². The standard InChI is InChI=1S/C24H27F3N4O4/c1-13-17(19(32)20(33)30-23(22(34)28-2)11-24(26,27)12-23)16-5-4-10-31(16)18(13)21(35-3)29-15-8-6-14(25)7-9-15/h6-9,21,29H,4-5,10-12H2,1-3H3,(H,28,34)(H,30,33). The first-order valence-corrected chi connectivity index (χ1v) is 11.3. The van der Waals surface area contributed by atoms with Gasteiger partial charge in [-0.25, -0.2) is 13.2 Å². The summed E-state index contributed by atoms with van der Waals surface area (Å²) in [5.74, 6) is -6.26.